The van der Waals surface area contributed by atoms with Gasteiger partial charge in [-0.05, 0) is 31.4 Å². The fourth-order valence-electron chi connectivity index (χ4n) is 3.30. The summed E-state index contributed by atoms with van der Waals surface area (Å²) >= 11 is 0. The summed E-state index contributed by atoms with van der Waals surface area (Å²) in [5.41, 5.74) is -0.590. The number of nitrogens with zero attached hydrogens (tertiary/aromatic N) is 2. The molecule has 1 fully saturated rings. The quantitative estimate of drug-likeness (QED) is 0.840. The van der Waals surface area contributed by atoms with Gasteiger partial charge in [0.05, 0.1) is 10.9 Å². The van der Waals surface area contributed by atoms with Gasteiger partial charge in [0, 0.05) is 19.5 Å². The van der Waals surface area contributed by atoms with Crippen LogP contribution in [0, 0.1) is 0 Å². The largest absolute Gasteiger partial charge is 0.480 e. The van der Waals surface area contributed by atoms with E-state index in [1.54, 1.807) is 24.3 Å². The Morgan fingerprint density at radius 2 is 1.96 bits per heavy atom. The van der Waals surface area contributed by atoms with Gasteiger partial charge in [-0.1, -0.05) is 12.1 Å². The van der Waals surface area contributed by atoms with Crippen LogP contribution in [0.15, 0.2) is 33.9 Å². The van der Waals surface area contributed by atoms with Crippen LogP contribution in [0.4, 0.5) is 0 Å². The van der Waals surface area contributed by atoms with E-state index in [1.165, 1.54) is 9.47 Å². The predicted molar refractivity (Wildman–Crippen MR) is 90.4 cm³/mol. The summed E-state index contributed by atoms with van der Waals surface area (Å²) in [6, 6.07) is 5.87. The number of aliphatic carboxylic acids is 1. The number of carboxylic acids is 1. The molecule has 1 atom stereocenters. The molecule has 2 N–H and O–H groups in total. The Morgan fingerprint density at radius 1 is 1.20 bits per heavy atom. The average Bonchev–Trinajstić information content (AvgIpc) is 2.61. The topological polar surface area (TPSA) is 112 Å². The number of fused-ring (bicyclic) bond motifs is 1. The van der Waals surface area contributed by atoms with Crippen LogP contribution in [0.1, 0.15) is 25.7 Å². The summed E-state index contributed by atoms with van der Waals surface area (Å²) in [6.07, 6.45) is 2.00. The third kappa shape index (κ3) is 3.33. The van der Waals surface area contributed by atoms with Gasteiger partial charge in [0.25, 0.3) is 5.56 Å². The zero-order valence-corrected chi connectivity index (χ0v) is 13.6. The molecule has 1 aliphatic heterocycles. The lowest BCUT2D eigenvalue weighted by molar-refractivity contribution is -0.152. The number of para-hydroxylation sites is 1. The summed E-state index contributed by atoms with van der Waals surface area (Å²) in [4.78, 5) is 51.4. The minimum Gasteiger partial charge on any atom is -0.480 e. The number of aryl methyl sites for hydroxylation is 1. The number of carbonyl (C=O) groups excluding carboxylic acids is 1. The minimum absolute atomic E-state index is 0.000273. The molecular formula is C17H19N3O5. The first-order chi connectivity index (χ1) is 12.0. The summed E-state index contributed by atoms with van der Waals surface area (Å²) in [6.45, 7) is 0.495. The number of nitrogens with one attached hydrogen (secondary N) is 1. The molecule has 1 aromatic heterocycles. The third-order valence-electron chi connectivity index (χ3n) is 4.56. The SMILES string of the molecule is O=C(O)[C@H]1CCCCN1C(=O)CCn1c(=O)[nH]c(=O)c2ccccc21. The van der Waals surface area contributed by atoms with E-state index in [0.717, 1.165) is 12.8 Å². The highest BCUT2D eigenvalue weighted by Gasteiger charge is 2.31. The minimum atomic E-state index is -1.00. The summed E-state index contributed by atoms with van der Waals surface area (Å²) < 4.78 is 1.34. The number of carboxylic acid groups (broad SMARTS) is 1. The second-order valence-electron chi connectivity index (χ2n) is 6.12. The first-order valence-electron chi connectivity index (χ1n) is 8.23. The standard InChI is InChI=1S/C17H19N3O5/c21-14(19-9-4-3-7-13(19)16(23)24)8-10-20-12-6-2-1-5-11(12)15(22)18-17(20)25/h1-2,5-6,13H,3-4,7-10H2,(H,23,24)(H,18,22,25)/t13-/m1/s1. The molecule has 0 saturated carbocycles. The number of H-pyrrole nitrogens is 1. The molecule has 132 valence electrons. The van der Waals surface area contributed by atoms with Crippen LogP contribution in [0.2, 0.25) is 0 Å². The molecule has 0 unspecified atom stereocenters. The number of hydrogen-bond donors (Lipinski definition) is 2. The van der Waals surface area contributed by atoms with Gasteiger partial charge in [0.2, 0.25) is 5.91 Å². The highest BCUT2D eigenvalue weighted by molar-refractivity contribution is 5.84. The summed E-state index contributed by atoms with van der Waals surface area (Å²) in [5.74, 6) is -1.30. The van der Waals surface area contributed by atoms with Crippen molar-refractivity contribution in [3.8, 4) is 0 Å². The molecule has 0 bridgehead atoms. The van der Waals surface area contributed by atoms with Crippen LogP contribution in [0.25, 0.3) is 10.9 Å². The Labute approximate surface area is 142 Å². The van der Waals surface area contributed by atoms with Crippen LogP contribution in [0.3, 0.4) is 0 Å². The number of carbonyl (C=O) groups is 2. The van der Waals surface area contributed by atoms with Crippen molar-refractivity contribution in [2.24, 2.45) is 0 Å². The van der Waals surface area contributed by atoms with Gasteiger partial charge in [-0.25, -0.2) is 9.59 Å². The zero-order chi connectivity index (χ0) is 18.0. The molecule has 1 aromatic carbocycles. The Hall–Kier alpha value is -2.90. The van der Waals surface area contributed by atoms with E-state index >= 15 is 0 Å². The number of rotatable bonds is 4. The van der Waals surface area contributed by atoms with Gasteiger partial charge in [-0.15, -0.1) is 0 Å². The second-order valence-corrected chi connectivity index (χ2v) is 6.12. The fraction of sp³-hybridized carbons (Fsp3) is 0.412. The van der Waals surface area contributed by atoms with Crippen molar-refractivity contribution in [2.75, 3.05) is 6.54 Å². The van der Waals surface area contributed by atoms with E-state index in [9.17, 15) is 24.3 Å². The van der Waals surface area contributed by atoms with Crippen molar-refractivity contribution in [1.29, 1.82) is 0 Å². The number of piperidine rings is 1. The molecule has 3 rings (SSSR count). The number of amides is 1. The van der Waals surface area contributed by atoms with E-state index in [0.29, 0.717) is 23.9 Å². The Bertz CT molecular complexity index is 930. The summed E-state index contributed by atoms with van der Waals surface area (Å²) in [5, 5.41) is 9.64. The average molecular weight is 345 g/mol. The maximum atomic E-state index is 12.5. The van der Waals surface area contributed by atoms with Crippen molar-refractivity contribution in [1.82, 2.24) is 14.5 Å². The van der Waals surface area contributed by atoms with Gasteiger partial charge in [0.1, 0.15) is 6.04 Å². The molecule has 0 radical (unpaired) electrons. The fourth-order valence-corrected chi connectivity index (χ4v) is 3.30. The van der Waals surface area contributed by atoms with E-state index in [1.807, 2.05) is 0 Å². The van der Waals surface area contributed by atoms with E-state index in [2.05, 4.69) is 4.98 Å². The van der Waals surface area contributed by atoms with Gasteiger partial charge in [-0.2, -0.15) is 0 Å². The third-order valence-corrected chi connectivity index (χ3v) is 4.56. The molecule has 0 aliphatic carbocycles. The smallest absolute Gasteiger partial charge is 0.328 e. The Balaban J connectivity index is 1.83. The Kier molecular flexibility index (Phi) is 4.69. The van der Waals surface area contributed by atoms with Crippen LogP contribution < -0.4 is 11.2 Å². The molecule has 25 heavy (non-hydrogen) atoms. The van der Waals surface area contributed by atoms with E-state index in [4.69, 9.17) is 0 Å². The molecule has 2 aromatic rings. The molecule has 1 aliphatic rings. The first-order valence-corrected chi connectivity index (χ1v) is 8.23. The Morgan fingerprint density at radius 3 is 2.72 bits per heavy atom. The molecular weight excluding hydrogens is 326 g/mol. The molecule has 8 nitrogen and oxygen atoms in total. The highest BCUT2D eigenvalue weighted by atomic mass is 16.4. The lowest BCUT2D eigenvalue weighted by atomic mass is 10.0. The van der Waals surface area contributed by atoms with Crippen molar-refractivity contribution in [3.05, 3.63) is 45.1 Å². The van der Waals surface area contributed by atoms with Crippen molar-refractivity contribution >= 4 is 22.8 Å². The van der Waals surface area contributed by atoms with Gasteiger partial charge in [0.15, 0.2) is 0 Å². The first kappa shape index (κ1) is 16.9. The molecule has 1 saturated heterocycles. The molecule has 2 heterocycles. The van der Waals surface area contributed by atoms with E-state index < -0.39 is 23.3 Å². The van der Waals surface area contributed by atoms with Crippen LogP contribution >= 0.6 is 0 Å². The molecule has 8 heteroatoms. The number of aromatic nitrogens is 2. The lowest BCUT2D eigenvalue weighted by Crippen LogP contribution is -2.48. The number of hydrogen-bond acceptors (Lipinski definition) is 4. The van der Waals surface area contributed by atoms with Gasteiger partial charge < -0.3 is 10.0 Å². The second kappa shape index (κ2) is 6.92. The maximum Gasteiger partial charge on any atom is 0.328 e. The van der Waals surface area contributed by atoms with Gasteiger partial charge >= 0.3 is 11.7 Å². The number of aromatic amines is 1. The normalized spacial score (nSPS) is 17.6. The van der Waals surface area contributed by atoms with E-state index in [-0.39, 0.29) is 18.9 Å². The number of benzene rings is 1. The van der Waals surface area contributed by atoms with Crippen molar-refractivity contribution in [2.45, 2.75) is 38.3 Å². The van der Waals surface area contributed by atoms with Crippen LogP contribution in [-0.4, -0.2) is 44.0 Å². The van der Waals surface area contributed by atoms with Crippen molar-refractivity contribution in [3.63, 3.8) is 0 Å². The highest BCUT2D eigenvalue weighted by Crippen LogP contribution is 2.18. The number of likely N-dealkylation sites (tertiary alicyclic amines) is 1. The lowest BCUT2D eigenvalue weighted by Gasteiger charge is -2.33. The molecule has 1 amide bonds. The zero-order valence-electron chi connectivity index (χ0n) is 13.6. The maximum absolute atomic E-state index is 12.5. The molecule has 0 spiro atoms. The van der Waals surface area contributed by atoms with Crippen molar-refractivity contribution < 1.29 is 14.7 Å². The predicted octanol–water partition coefficient (Wildman–Crippen LogP) is 0.546. The van der Waals surface area contributed by atoms with Crippen LogP contribution in [0.5, 0.6) is 0 Å². The van der Waals surface area contributed by atoms with Crippen LogP contribution in [-0.2, 0) is 16.1 Å². The van der Waals surface area contributed by atoms with Gasteiger partial charge in [-0.3, -0.25) is 19.1 Å². The summed E-state index contributed by atoms with van der Waals surface area (Å²) in [7, 11) is 0. The monoisotopic (exact) mass is 345 g/mol.